The second-order valence-corrected chi connectivity index (χ2v) is 7.89. The van der Waals surface area contributed by atoms with Crippen LogP contribution < -0.4 is 10.6 Å². The van der Waals surface area contributed by atoms with Crippen molar-refractivity contribution in [2.75, 3.05) is 10.6 Å². The van der Waals surface area contributed by atoms with E-state index < -0.39 is 12.1 Å². The van der Waals surface area contributed by atoms with E-state index in [0.29, 0.717) is 41.1 Å². The van der Waals surface area contributed by atoms with E-state index >= 15 is 0 Å². The van der Waals surface area contributed by atoms with Crippen LogP contribution in [0.1, 0.15) is 38.1 Å². The topological polar surface area (TPSA) is 117 Å². The van der Waals surface area contributed by atoms with E-state index in [1.807, 2.05) is 5.32 Å². The highest BCUT2D eigenvalue weighted by Gasteiger charge is 2.39. The summed E-state index contributed by atoms with van der Waals surface area (Å²) in [6.07, 6.45) is 5.90. The van der Waals surface area contributed by atoms with Gasteiger partial charge in [0.2, 0.25) is 6.41 Å². The number of fused-ring (bicyclic) bond motifs is 1. The molecule has 4 rings (SSSR count). The van der Waals surface area contributed by atoms with Crippen LogP contribution in [-0.2, 0) is 9.59 Å². The quantitative estimate of drug-likeness (QED) is 0.520. The van der Waals surface area contributed by atoms with Crippen molar-refractivity contribution in [3.8, 4) is 17.2 Å². The van der Waals surface area contributed by atoms with Crippen molar-refractivity contribution < 1.29 is 22.8 Å². The molecule has 33 heavy (non-hydrogen) atoms. The first-order valence-corrected chi connectivity index (χ1v) is 10.3. The standard InChI is InChI=1S/C21H20F3N7O2/c22-21(23,24)20(33)29-15-7-18-19(16(26-12-32)9-28-31(18)11-15)14-8-27-30(10-14)17(5-6-25)13-3-1-2-4-13/h7-13,17H,1-5H2,(H,26,32)(H,29,33). The van der Waals surface area contributed by atoms with Crippen LogP contribution in [0.2, 0.25) is 0 Å². The lowest BCUT2D eigenvalue weighted by Crippen LogP contribution is -2.29. The molecule has 3 aromatic rings. The number of carbonyl (C=O) groups excluding carboxylic acids is 2. The van der Waals surface area contributed by atoms with Crippen LogP contribution in [0.5, 0.6) is 0 Å². The Labute approximate surface area is 186 Å². The number of amides is 2. The number of anilines is 2. The molecule has 0 spiro atoms. The average molecular weight is 459 g/mol. The van der Waals surface area contributed by atoms with Gasteiger partial charge in [0.15, 0.2) is 0 Å². The first kappa shape index (κ1) is 22.3. The molecule has 2 N–H and O–H groups in total. The Kier molecular flexibility index (Phi) is 6.04. The van der Waals surface area contributed by atoms with Crippen molar-refractivity contribution in [2.45, 2.75) is 44.3 Å². The predicted molar refractivity (Wildman–Crippen MR) is 112 cm³/mol. The fraction of sp³-hybridized carbons (Fsp3) is 0.381. The summed E-state index contributed by atoms with van der Waals surface area (Å²) in [4.78, 5) is 22.5. The molecule has 0 aromatic carbocycles. The van der Waals surface area contributed by atoms with E-state index in [0.717, 1.165) is 25.7 Å². The third kappa shape index (κ3) is 4.52. The Balaban J connectivity index is 1.75. The van der Waals surface area contributed by atoms with Crippen LogP contribution in [0.3, 0.4) is 0 Å². The molecular weight excluding hydrogens is 439 g/mol. The van der Waals surface area contributed by atoms with E-state index in [1.54, 1.807) is 17.1 Å². The molecule has 1 aliphatic rings. The molecule has 12 heteroatoms. The molecule has 2 amide bonds. The number of hydrogen-bond acceptors (Lipinski definition) is 5. The van der Waals surface area contributed by atoms with Gasteiger partial charge in [0, 0.05) is 17.3 Å². The smallest absolute Gasteiger partial charge is 0.327 e. The SMILES string of the molecule is N#CCC(C1CCCC1)n1cc(-c2c(NC=O)cnn3cc(NC(=O)C(F)(F)F)cc23)cn1. The summed E-state index contributed by atoms with van der Waals surface area (Å²) in [6, 6.07) is 3.46. The molecule has 3 aromatic heterocycles. The Morgan fingerprint density at radius 1 is 1.27 bits per heavy atom. The van der Waals surface area contributed by atoms with Crippen molar-refractivity contribution in [3.05, 3.63) is 30.9 Å². The Hall–Kier alpha value is -3.88. The fourth-order valence-electron chi connectivity index (χ4n) is 4.36. The lowest BCUT2D eigenvalue weighted by atomic mass is 9.96. The van der Waals surface area contributed by atoms with Gasteiger partial charge in [0.05, 0.1) is 54.0 Å². The molecule has 1 fully saturated rings. The molecule has 0 bridgehead atoms. The van der Waals surface area contributed by atoms with Crippen molar-refractivity contribution >= 4 is 29.2 Å². The fourth-order valence-corrected chi connectivity index (χ4v) is 4.36. The normalized spacial score (nSPS) is 15.3. The molecular formula is C21H20F3N7O2. The minimum absolute atomic E-state index is 0.0972. The van der Waals surface area contributed by atoms with Gasteiger partial charge in [-0.3, -0.25) is 14.3 Å². The monoisotopic (exact) mass is 459 g/mol. The number of carbonyl (C=O) groups is 2. The summed E-state index contributed by atoms with van der Waals surface area (Å²) in [6.45, 7) is 0. The molecule has 1 atom stereocenters. The molecule has 1 aliphatic carbocycles. The lowest BCUT2D eigenvalue weighted by Gasteiger charge is -2.21. The molecule has 9 nitrogen and oxygen atoms in total. The van der Waals surface area contributed by atoms with Crippen molar-refractivity contribution in [1.29, 1.82) is 5.26 Å². The third-order valence-electron chi connectivity index (χ3n) is 5.84. The van der Waals surface area contributed by atoms with Gasteiger partial charge in [0.25, 0.3) is 0 Å². The zero-order valence-electron chi connectivity index (χ0n) is 17.3. The highest BCUT2D eigenvalue weighted by atomic mass is 19.4. The lowest BCUT2D eigenvalue weighted by molar-refractivity contribution is -0.167. The van der Waals surface area contributed by atoms with E-state index in [9.17, 15) is 28.0 Å². The summed E-state index contributed by atoms with van der Waals surface area (Å²) in [5.74, 6) is -1.77. The number of halogens is 3. The van der Waals surface area contributed by atoms with Gasteiger partial charge in [-0.25, -0.2) is 4.52 Å². The minimum Gasteiger partial charge on any atom is -0.327 e. The van der Waals surface area contributed by atoms with E-state index in [1.165, 1.54) is 23.0 Å². The highest BCUT2D eigenvalue weighted by molar-refractivity contribution is 5.98. The van der Waals surface area contributed by atoms with Crippen molar-refractivity contribution in [3.63, 3.8) is 0 Å². The maximum absolute atomic E-state index is 12.7. The van der Waals surface area contributed by atoms with Gasteiger partial charge in [-0.15, -0.1) is 0 Å². The number of aromatic nitrogens is 4. The van der Waals surface area contributed by atoms with Gasteiger partial charge >= 0.3 is 12.1 Å². The Morgan fingerprint density at radius 2 is 2.03 bits per heavy atom. The van der Waals surface area contributed by atoms with Gasteiger partial charge in [-0.2, -0.15) is 28.6 Å². The first-order chi connectivity index (χ1) is 15.8. The summed E-state index contributed by atoms with van der Waals surface area (Å²) in [5.41, 5.74) is 1.63. The van der Waals surface area contributed by atoms with Crippen LogP contribution >= 0.6 is 0 Å². The molecule has 1 saturated carbocycles. The summed E-state index contributed by atoms with van der Waals surface area (Å²) < 4.78 is 41.0. The van der Waals surface area contributed by atoms with E-state index in [4.69, 9.17) is 0 Å². The predicted octanol–water partition coefficient (Wildman–Crippen LogP) is 3.91. The number of nitriles is 1. The van der Waals surface area contributed by atoms with Crippen LogP contribution in [0.15, 0.2) is 30.9 Å². The van der Waals surface area contributed by atoms with Crippen LogP contribution in [0.4, 0.5) is 24.5 Å². The molecule has 1 unspecified atom stereocenters. The van der Waals surface area contributed by atoms with Gasteiger partial charge < -0.3 is 10.6 Å². The van der Waals surface area contributed by atoms with Crippen molar-refractivity contribution in [1.82, 2.24) is 19.4 Å². The highest BCUT2D eigenvalue weighted by Crippen LogP contribution is 2.38. The van der Waals surface area contributed by atoms with Crippen LogP contribution in [0, 0.1) is 17.2 Å². The number of nitrogens with zero attached hydrogens (tertiary/aromatic N) is 5. The Morgan fingerprint density at radius 3 is 2.70 bits per heavy atom. The summed E-state index contributed by atoms with van der Waals surface area (Å²) in [7, 11) is 0. The maximum atomic E-state index is 12.7. The summed E-state index contributed by atoms with van der Waals surface area (Å²) >= 11 is 0. The largest absolute Gasteiger partial charge is 0.471 e. The number of nitrogens with one attached hydrogen (secondary N) is 2. The minimum atomic E-state index is -5.04. The second kappa shape index (κ2) is 8.93. The van der Waals surface area contributed by atoms with Gasteiger partial charge in [-0.1, -0.05) is 12.8 Å². The maximum Gasteiger partial charge on any atom is 0.471 e. The van der Waals surface area contributed by atoms with Gasteiger partial charge in [0.1, 0.15) is 0 Å². The average Bonchev–Trinajstić information content (AvgIpc) is 3.52. The van der Waals surface area contributed by atoms with Crippen LogP contribution in [-0.4, -0.2) is 37.9 Å². The molecule has 172 valence electrons. The third-order valence-corrected chi connectivity index (χ3v) is 5.84. The summed E-state index contributed by atoms with van der Waals surface area (Å²) in [5, 5.41) is 22.2. The van der Waals surface area contributed by atoms with E-state index in [2.05, 4.69) is 21.6 Å². The molecule has 3 heterocycles. The van der Waals surface area contributed by atoms with E-state index in [-0.39, 0.29) is 11.7 Å². The van der Waals surface area contributed by atoms with Crippen molar-refractivity contribution in [2.24, 2.45) is 5.92 Å². The first-order valence-electron chi connectivity index (χ1n) is 10.3. The second-order valence-electron chi connectivity index (χ2n) is 7.89. The van der Waals surface area contributed by atoms with Gasteiger partial charge in [-0.05, 0) is 24.8 Å². The number of rotatable bonds is 7. The zero-order valence-corrected chi connectivity index (χ0v) is 17.3. The number of hydrogen-bond donors (Lipinski definition) is 2. The number of alkyl halides is 3. The molecule has 0 radical (unpaired) electrons. The van der Waals surface area contributed by atoms with Crippen LogP contribution in [0.25, 0.3) is 16.6 Å². The Bertz CT molecular complexity index is 1220. The molecule has 0 aliphatic heterocycles. The zero-order chi connectivity index (χ0) is 23.6. The molecule has 0 saturated heterocycles.